The maximum Gasteiger partial charge on any atom is 0.422 e. The zero-order valence-corrected chi connectivity index (χ0v) is 18.3. The first-order chi connectivity index (χ1) is 15.3. The second-order valence-electron chi connectivity index (χ2n) is 8.36. The van der Waals surface area contributed by atoms with E-state index in [2.05, 4.69) is 15.0 Å². The van der Waals surface area contributed by atoms with Crippen molar-refractivity contribution in [2.45, 2.75) is 44.4 Å². The van der Waals surface area contributed by atoms with Crippen LogP contribution in [0.25, 0.3) is 10.9 Å². The molecule has 0 fully saturated rings. The summed E-state index contributed by atoms with van der Waals surface area (Å²) in [5, 5.41) is 10.9. The predicted octanol–water partition coefficient (Wildman–Crippen LogP) is 5.59. The molecule has 10 heteroatoms. The van der Waals surface area contributed by atoms with Crippen molar-refractivity contribution in [3.8, 4) is 5.75 Å². The highest BCUT2D eigenvalue weighted by molar-refractivity contribution is 5.91. The van der Waals surface area contributed by atoms with Crippen LogP contribution in [0, 0.1) is 18.6 Å². The summed E-state index contributed by atoms with van der Waals surface area (Å²) in [7, 11) is 1.27. The Morgan fingerprint density at radius 2 is 1.79 bits per heavy atom. The summed E-state index contributed by atoms with van der Waals surface area (Å²) < 4.78 is 74.8. The van der Waals surface area contributed by atoms with Crippen LogP contribution in [0.1, 0.15) is 31.7 Å². The van der Waals surface area contributed by atoms with Gasteiger partial charge in [-0.25, -0.2) is 18.7 Å². The van der Waals surface area contributed by atoms with E-state index < -0.39 is 35.2 Å². The molecule has 1 heterocycles. The lowest BCUT2D eigenvalue weighted by Gasteiger charge is -2.36. The van der Waals surface area contributed by atoms with Gasteiger partial charge in [0.15, 0.2) is 5.60 Å². The van der Waals surface area contributed by atoms with E-state index in [-0.39, 0.29) is 27.9 Å². The van der Waals surface area contributed by atoms with Crippen LogP contribution in [-0.4, -0.2) is 40.2 Å². The third-order valence-electron chi connectivity index (χ3n) is 5.28. The highest BCUT2D eigenvalue weighted by atomic mass is 19.4. The zero-order valence-electron chi connectivity index (χ0n) is 18.3. The highest BCUT2D eigenvalue weighted by Crippen LogP contribution is 2.43. The molecule has 0 aliphatic carbocycles. The Morgan fingerprint density at radius 3 is 2.42 bits per heavy atom. The normalized spacial score (nSPS) is 14.6. The monoisotopic (exact) mass is 467 g/mol. The van der Waals surface area contributed by atoms with Gasteiger partial charge in [0.25, 0.3) is 0 Å². The van der Waals surface area contributed by atoms with Gasteiger partial charge in [0.1, 0.15) is 23.2 Å². The lowest BCUT2D eigenvalue weighted by Crippen LogP contribution is -2.50. The standard InChI is InChI=1S/C23H22F5N3O2/c1-13-29-10-16-18(7-15(25)8-19(16)31-13)30-12-22(32,23(26,27)28)11-21(2,3)17-6-5-14(24)9-20(17)33-4/h5-10,12,32H,11H2,1-4H3/b30-12-. The molecular formula is C23H22F5N3O2. The molecular weight excluding hydrogens is 445 g/mol. The number of aryl methyl sites for hydroxylation is 1. The summed E-state index contributed by atoms with van der Waals surface area (Å²) in [6, 6.07) is 5.51. The molecule has 176 valence electrons. The van der Waals surface area contributed by atoms with E-state index in [4.69, 9.17) is 4.74 Å². The Morgan fingerprint density at radius 1 is 1.09 bits per heavy atom. The zero-order chi connectivity index (χ0) is 24.6. The first kappa shape index (κ1) is 24.5. The smallest absolute Gasteiger partial charge is 0.422 e. The molecule has 1 N–H and O–H groups in total. The van der Waals surface area contributed by atoms with Gasteiger partial charge >= 0.3 is 6.18 Å². The average Bonchev–Trinajstić information content (AvgIpc) is 2.70. The molecule has 33 heavy (non-hydrogen) atoms. The van der Waals surface area contributed by atoms with E-state index >= 15 is 0 Å². The molecule has 3 aromatic rings. The number of fused-ring (bicyclic) bond motifs is 1. The minimum absolute atomic E-state index is 0.0464. The number of alkyl halides is 3. The van der Waals surface area contributed by atoms with Gasteiger partial charge in [-0.2, -0.15) is 13.2 Å². The highest BCUT2D eigenvalue weighted by Gasteiger charge is 2.55. The van der Waals surface area contributed by atoms with E-state index in [0.717, 1.165) is 24.3 Å². The van der Waals surface area contributed by atoms with E-state index in [1.54, 1.807) is 6.92 Å². The lowest BCUT2D eigenvalue weighted by atomic mass is 9.74. The fourth-order valence-electron chi connectivity index (χ4n) is 3.67. The molecule has 0 radical (unpaired) electrons. The van der Waals surface area contributed by atoms with Crippen LogP contribution in [-0.2, 0) is 5.41 Å². The quantitative estimate of drug-likeness (QED) is 0.379. The fourth-order valence-corrected chi connectivity index (χ4v) is 3.67. The van der Waals surface area contributed by atoms with Crippen LogP contribution in [0.5, 0.6) is 5.75 Å². The number of halogens is 5. The van der Waals surface area contributed by atoms with Crippen LogP contribution in [0.2, 0.25) is 0 Å². The number of methoxy groups -OCH3 is 1. The second kappa shape index (κ2) is 8.66. The van der Waals surface area contributed by atoms with Crippen molar-refractivity contribution >= 4 is 22.8 Å². The van der Waals surface area contributed by atoms with E-state index in [1.165, 1.54) is 33.2 Å². The average molecular weight is 467 g/mol. The Bertz CT molecular complexity index is 1210. The van der Waals surface area contributed by atoms with Crippen molar-refractivity contribution in [3.63, 3.8) is 0 Å². The Hall–Kier alpha value is -3.14. The summed E-state index contributed by atoms with van der Waals surface area (Å²) in [5.74, 6) is -0.968. The molecule has 0 spiro atoms. The molecule has 0 bridgehead atoms. The molecule has 1 aromatic heterocycles. The summed E-state index contributed by atoms with van der Waals surface area (Å²) >= 11 is 0. The molecule has 0 amide bonds. The van der Waals surface area contributed by atoms with E-state index in [9.17, 15) is 27.1 Å². The molecule has 1 atom stereocenters. The van der Waals surface area contributed by atoms with E-state index in [0.29, 0.717) is 12.0 Å². The lowest BCUT2D eigenvalue weighted by molar-refractivity contribution is -0.234. The molecule has 3 rings (SSSR count). The van der Waals surface area contributed by atoms with Gasteiger partial charge in [0.05, 0.1) is 18.3 Å². The maximum absolute atomic E-state index is 14.0. The van der Waals surface area contributed by atoms with Crippen molar-refractivity contribution in [2.75, 3.05) is 7.11 Å². The van der Waals surface area contributed by atoms with Crippen LogP contribution in [0.4, 0.5) is 27.6 Å². The molecule has 0 saturated heterocycles. The fraction of sp³-hybridized carbons (Fsp3) is 0.348. The van der Waals surface area contributed by atoms with Gasteiger partial charge < -0.3 is 9.84 Å². The minimum atomic E-state index is -5.11. The van der Waals surface area contributed by atoms with Crippen LogP contribution in [0.15, 0.2) is 41.5 Å². The van der Waals surface area contributed by atoms with Gasteiger partial charge in [-0.15, -0.1) is 0 Å². The number of ether oxygens (including phenoxy) is 1. The predicted molar refractivity (Wildman–Crippen MR) is 114 cm³/mol. The molecule has 0 aliphatic rings. The van der Waals surface area contributed by atoms with Crippen LogP contribution < -0.4 is 4.74 Å². The SMILES string of the molecule is COc1cc(F)ccc1C(C)(C)CC(O)(/C=N\c1cc(F)cc2nc(C)ncc12)C(F)(F)F. The van der Waals surface area contributed by atoms with Gasteiger partial charge in [0, 0.05) is 41.6 Å². The Labute approximate surface area is 187 Å². The third-order valence-corrected chi connectivity index (χ3v) is 5.28. The number of rotatable bonds is 6. The number of nitrogens with zero attached hydrogens (tertiary/aromatic N) is 3. The number of aromatic nitrogens is 2. The van der Waals surface area contributed by atoms with E-state index in [1.807, 2.05) is 0 Å². The third kappa shape index (κ3) is 5.11. The van der Waals surface area contributed by atoms with Crippen LogP contribution in [0.3, 0.4) is 0 Å². The van der Waals surface area contributed by atoms with Gasteiger partial charge in [-0.05, 0) is 24.8 Å². The number of hydrogen-bond donors (Lipinski definition) is 1. The Balaban J connectivity index is 2.06. The maximum atomic E-state index is 14.0. The van der Waals surface area contributed by atoms with Crippen molar-refractivity contribution < 1.29 is 31.8 Å². The topological polar surface area (TPSA) is 67.6 Å². The minimum Gasteiger partial charge on any atom is -0.496 e. The summed E-state index contributed by atoms with van der Waals surface area (Å²) in [4.78, 5) is 11.8. The number of hydrogen-bond acceptors (Lipinski definition) is 5. The Kier molecular flexibility index (Phi) is 6.43. The van der Waals surface area contributed by atoms with Gasteiger partial charge in [0.2, 0.25) is 0 Å². The molecule has 0 saturated carbocycles. The first-order valence-electron chi connectivity index (χ1n) is 9.87. The number of benzene rings is 2. The number of aliphatic hydroxyl groups is 1. The molecule has 2 aromatic carbocycles. The molecule has 0 aliphatic heterocycles. The number of aliphatic imine (C=N–C) groups is 1. The molecule has 5 nitrogen and oxygen atoms in total. The summed E-state index contributed by atoms with van der Waals surface area (Å²) in [5.41, 5.74) is -4.44. The van der Waals surface area contributed by atoms with Crippen LogP contribution >= 0.6 is 0 Å². The van der Waals surface area contributed by atoms with Gasteiger partial charge in [-0.1, -0.05) is 19.9 Å². The van der Waals surface area contributed by atoms with Crippen molar-refractivity contribution in [1.29, 1.82) is 0 Å². The van der Waals surface area contributed by atoms with Crippen molar-refractivity contribution in [3.05, 3.63) is 59.6 Å². The summed E-state index contributed by atoms with van der Waals surface area (Å²) in [6.07, 6.45) is -4.31. The van der Waals surface area contributed by atoms with Crippen molar-refractivity contribution in [2.24, 2.45) is 4.99 Å². The second-order valence-corrected chi connectivity index (χ2v) is 8.36. The van der Waals surface area contributed by atoms with Crippen molar-refractivity contribution in [1.82, 2.24) is 9.97 Å². The summed E-state index contributed by atoms with van der Waals surface area (Å²) in [6.45, 7) is 4.50. The first-order valence-corrected chi connectivity index (χ1v) is 9.87. The molecule has 1 unspecified atom stereocenters. The largest absolute Gasteiger partial charge is 0.496 e. The van der Waals surface area contributed by atoms with Gasteiger partial charge in [-0.3, -0.25) is 4.99 Å².